The predicted molar refractivity (Wildman–Crippen MR) is 129 cm³/mol. The second kappa shape index (κ2) is 10.4. The van der Waals surface area contributed by atoms with E-state index >= 15 is 0 Å². The van der Waals surface area contributed by atoms with Crippen molar-refractivity contribution in [3.63, 3.8) is 0 Å². The molecule has 0 radical (unpaired) electrons. The third kappa shape index (κ3) is 5.13. The molecule has 0 aliphatic carbocycles. The summed E-state index contributed by atoms with van der Waals surface area (Å²) in [6.07, 6.45) is 3.00. The van der Waals surface area contributed by atoms with Crippen LogP contribution in [-0.2, 0) is 19.9 Å². The quantitative estimate of drug-likeness (QED) is 0.460. The average Bonchev–Trinajstić information content (AvgIpc) is 3.30. The summed E-state index contributed by atoms with van der Waals surface area (Å²) >= 11 is 5.96. The number of nitrogens with zero attached hydrogens (tertiary/aromatic N) is 1. The van der Waals surface area contributed by atoms with Gasteiger partial charge in [0, 0.05) is 25.4 Å². The number of benzene rings is 2. The lowest BCUT2D eigenvalue weighted by Gasteiger charge is -2.32. The van der Waals surface area contributed by atoms with Crippen molar-refractivity contribution in [2.45, 2.75) is 24.4 Å². The monoisotopic (exact) mass is 501 g/mol. The summed E-state index contributed by atoms with van der Waals surface area (Å²) < 4.78 is 18.6. The lowest BCUT2D eigenvalue weighted by molar-refractivity contribution is -0.131. The molecule has 184 valence electrons. The number of anilines is 1. The second-order valence-corrected chi connectivity index (χ2v) is 8.86. The molecular weight excluding hydrogens is 477 g/mol. The SMILES string of the molecule is NC(=O)C1(c2ccc(NC(=O)c3ccc(F)cc3Cl)cc2)NC=NC1C(=O)NCC1CCOCC1. The number of amides is 3. The minimum absolute atomic E-state index is 0.0197. The zero-order valence-electron chi connectivity index (χ0n) is 18.7. The first-order chi connectivity index (χ1) is 16.8. The number of hydrogen-bond donors (Lipinski definition) is 4. The molecule has 2 heterocycles. The highest BCUT2D eigenvalue weighted by molar-refractivity contribution is 6.34. The Morgan fingerprint density at radius 2 is 1.89 bits per heavy atom. The third-order valence-corrected chi connectivity index (χ3v) is 6.56. The van der Waals surface area contributed by atoms with Gasteiger partial charge in [-0.1, -0.05) is 23.7 Å². The van der Waals surface area contributed by atoms with Crippen molar-refractivity contribution in [2.75, 3.05) is 25.1 Å². The maximum atomic E-state index is 13.3. The minimum Gasteiger partial charge on any atom is -0.381 e. The van der Waals surface area contributed by atoms with E-state index in [0.29, 0.717) is 36.9 Å². The van der Waals surface area contributed by atoms with Crippen molar-refractivity contribution >= 4 is 41.3 Å². The van der Waals surface area contributed by atoms with Gasteiger partial charge in [-0.25, -0.2) is 4.39 Å². The van der Waals surface area contributed by atoms with Crippen molar-refractivity contribution in [3.05, 3.63) is 64.4 Å². The van der Waals surface area contributed by atoms with E-state index in [0.717, 1.165) is 25.0 Å². The van der Waals surface area contributed by atoms with Gasteiger partial charge in [0.15, 0.2) is 11.6 Å². The van der Waals surface area contributed by atoms with Gasteiger partial charge in [-0.05, 0) is 54.7 Å². The minimum atomic E-state index is -1.58. The Balaban J connectivity index is 1.49. The molecule has 2 atom stereocenters. The zero-order valence-corrected chi connectivity index (χ0v) is 19.5. The standard InChI is InChI=1S/C24H25ClFN5O4/c25-19-11-16(26)3-6-18(19)21(32)31-17-4-1-15(2-5-17)24(23(27)34)20(29-13-30-24)22(33)28-12-14-7-9-35-10-8-14/h1-6,11,13-14,20H,7-10,12H2,(H2,27,34)(H,28,33)(H,29,30)(H,31,32). The Labute approximate surface area is 206 Å². The Morgan fingerprint density at radius 3 is 2.54 bits per heavy atom. The number of nitrogens with two attached hydrogens (primary N) is 1. The van der Waals surface area contributed by atoms with Crippen LogP contribution >= 0.6 is 11.6 Å². The number of primary amides is 1. The number of nitrogens with one attached hydrogen (secondary N) is 3. The van der Waals surface area contributed by atoms with E-state index in [9.17, 15) is 18.8 Å². The van der Waals surface area contributed by atoms with E-state index in [1.165, 1.54) is 12.4 Å². The second-order valence-electron chi connectivity index (χ2n) is 8.45. The molecule has 11 heteroatoms. The van der Waals surface area contributed by atoms with Crippen molar-refractivity contribution < 1.29 is 23.5 Å². The number of hydrogen-bond acceptors (Lipinski definition) is 6. The molecule has 1 fully saturated rings. The molecule has 0 saturated carbocycles. The molecule has 2 aliphatic heterocycles. The van der Waals surface area contributed by atoms with Crippen LogP contribution in [0.25, 0.3) is 0 Å². The van der Waals surface area contributed by atoms with E-state index in [1.807, 2.05) is 0 Å². The van der Waals surface area contributed by atoms with Crippen molar-refractivity contribution in [3.8, 4) is 0 Å². The summed E-state index contributed by atoms with van der Waals surface area (Å²) in [7, 11) is 0. The lowest BCUT2D eigenvalue weighted by Crippen LogP contribution is -2.60. The van der Waals surface area contributed by atoms with Gasteiger partial charge in [-0.15, -0.1) is 0 Å². The van der Waals surface area contributed by atoms with Gasteiger partial charge in [0.2, 0.25) is 5.91 Å². The lowest BCUT2D eigenvalue weighted by atomic mass is 9.82. The molecular formula is C24H25ClFN5O4. The van der Waals surface area contributed by atoms with Crippen LogP contribution in [0.1, 0.15) is 28.8 Å². The third-order valence-electron chi connectivity index (χ3n) is 6.24. The van der Waals surface area contributed by atoms with E-state index < -0.39 is 35.1 Å². The van der Waals surface area contributed by atoms with Crippen LogP contribution in [0, 0.1) is 11.7 Å². The van der Waals surface area contributed by atoms with Crippen LogP contribution in [0.15, 0.2) is 47.5 Å². The summed E-state index contributed by atoms with van der Waals surface area (Å²) in [4.78, 5) is 42.3. The molecule has 0 bridgehead atoms. The predicted octanol–water partition coefficient (Wildman–Crippen LogP) is 1.95. The van der Waals surface area contributed by atoms with Gasteiger partial charge in [0.05, 0.1) is 16.9 Å². The largest absolute Gasteiger partial charge is 0.381 e. The highest BCUT2D eigenvalue weighted by Crippen LogP contribution is 2.31. The summed E-state index contributed by atoms with van der Waals surface area (Å²) in [5.41, 5.74) is 5.10. The van der Waals surface area contributed by atoms with Gasteiger partial charge in [0.25, 0.3) is 11.8 Å². The van der Waals surface area contributed by atoms with Gasteiger partial charge >= 0.3 is 0 Å². The number of carbonyl (C=O) groups excluding carboxylic acids is 3. The van der Waals surface area contributed by atoms with Crippen LogP contribution in [0.4, 0.5) is 10.1 Å². The molecule has 35 heavy (non-hydrogen) atoms. The smallest absolute Gasteiger partial charge is 0.257 e. The van der Waals surface area contributed by atoms with Crippen LogP contribution in [0.2, 0.25) is 5.02 Å². The molecule has 2 aliphatic rings. The van der Waals surface area contributed by atoms with Gasteiger partial charge in [-0.3, -0.25) is 19.4 Å². The first-order valence-electron chi connectivity index (χ1n) is 11.1. The van der Waals surface area contributed by atoms with E-state index in [4.69, 9.17) is 22.1 Å². The molecule has 0 spiro atoms. The molecule has 2 aromatic rings. The fourth-order valence-corrected chi connectivity index (χ4v) is 4.49. The van der Waals surface area contributed by atoms with Gasteiger partial charge in [0.1, 0.15) is 5.82 Å². The van der Waals surface area contributed by atoms with Crippen LogP contribution in [0.3, 0.4) is 0 Å². The zero-order chi connectivity index (χ0) is 25.0. The first-order valence-corrected chi connectivity index (χ1v) is 11.5. The molecule has 4 rings (SSSR count). The van der Waals surface area contributed by atoms with Crippen molar-refractivity contribution in [2.24, 2.45) is 16.6 Å². The Hall–Kier alpha value is -3.50. The summed E-state index contributed by atoms with van der Waals surface area (Å²) in [6, 6.07) is 8.65. The highest BCUT2D eigenvalue weighted by Gasteiger charge is 2.52. The first kappa shape index (κ1) is 24.6. The number of halogens is 2. The van der Waals surface area contributed by atoms with Crippen molar-refractivity contribution in [1.82, 2.24) is 10.6 Å². The fraction of sp³-hybridized carbons (Fsp3) is 0.333. The Kier molecular flexibility index (Phi) is 7.32. The number of ether oxygens (including phenoxy) is 1. The molecule has 5 N–H and O–H groups in total. The van der Waals surface area contributed by atoms with E-state index in [-0.39, 0.29) is 10.6 Å². The van der Waals surface area contributed by atoms with E-state index in [2.05, 4.69) is 20.9 Å². The van der Waals surface area contributed by atoms with Crippen LogP contribution in [0.5, 0.6) is 0 Å². The fourth-order valence-electron chi connectivity index (χ4n) is 4.24. The van der Waals surface area contributed by atoms with E-state index in [1.54, 1.807) is 24.3 Å². The van der Waals surface area contributed by atoms with Gasteiger partial charge in [-0.2, -0.15) is 0 Å². The molecule has 2 unspecified atom stereocenters. The normalized spacial score (nSPS) is 21.8. The highest BCUT2D eigenvalue weighted by atomic mass is 35.5. The maximum absolute atomic E-state index is 13.3. The molecule has 2 aromatic carbocycles. The van der Waals surface area contributed by atoms with Crippen molar-refractivity contribution in [1.29, 1.82) is 0 Å². The maximum Gasteiger partial charge on any atom is 0.257 e. The van der Waals surface area contributed by atoms with Crippen LogP contribution < -0.4 is 21.7 Å². The topological polar surface area (TPSA) is 135 Å². The molecule has 1 saturated heterocycles. The number of aliphatic imine (C=N–C) groups is 1. The molecule has 0 aromatic heterocycles. The Bertz CT molecular complexity index is 1150. The van der Waals surface area contributed by atoms with Gasteiger partial charge < -0.3 is 26.4 Å². The number of rotatable bonds is 7. The average molecular weight is 502 g/mol. The number of carbonyl (C=O) groups is 3. The molecule has 9 nitrogen and oxygen atoms in total. The summed E-state index contributed by atoms with van der Waals surface area (Å²) in [5, 5.41) is 8.40. The summed E-state index contributed by atoms with van der Waals surface area (Å²) in [6.45, 7) is 1.77. The summed E-state index contributed by atoms with van der Waals surface area (Å²) in [5.74, 6) is -1.96. The van der Waals surface area contributed by atoms with Crippen LogP contribution in [-0.4, -0.2) is 49.9 Å². The Morgan fingerprint density at radius 1 is 1.17 bits per heavy atom. The molecule has 3 amide bonds.